The number of hydrogen-bond acceptors (Lipinski definition) is 4. The number of esters is 1. The quantitative estimate of drug-likeness (QED) is 0.695. The van der Waals surface area contributed by atoms with Crippen LogP contribution in [0.1, 0.15) is 38.8 Å². The van der Waals surface area contributed by atoms with E-state index in [0.717, 1.165) is 17.8 Å². The molecule has 3 rings (SSSR count). The van der Waals surface area contributed by atoms with Crippen molar-refractivity contribution in [2.45, 2.75) is 25.6 Å². The van der Waals surface area contributed by atoms with Crippen molar-refractivity contribution >= 4 is 22.9 Å². The lowest BCUT2D eigenvalue weighted by atomic mass is 10.1. The summed E-state index contributed by atoms with van der Waals surface area (Å²) in [7, 11) is 0. The van der Waals surface area contributed by atoms with E-state index in [1.807, 2.05) is 6.08 Å². The fraction of sp³-hybridized carbons (Fsp3) is 0.222. The topological polar surface area (TPSA) is 39.2 Å². The van der Waals surface area contributed by atoms with Crippen molar-refractivity contribution < 1.29 is 22.7 Å². The molecule has 1 aliphatic rings. The number of hydrogen-bond donors (Lipinski definition) is 0. The Morgan fingerprint density at radius 1 is 1.24 bits per heavy atom. The minimum Gasteiger partial charge on any atom is -0.457 e. The van der Waals surface area contributed by atoms with Crippen molar-refractivity contribution in [3.05, 3.63) is 69.7 Å². The molecule has 0 bridgehead atoms. The van der Waals surface area contributed by atoms with Gasteiger partial charge in [-0.1, -0.05) is 48.6 Å². The van der Waals surface area contributed by atoms with Gasteiger partial charge in [0.15, 0.2) is 5.69 Å². The maximum absolute atomic E-state index is 13.3. The summed E-state index contributed by atoms with van der Waals surface area (Å²) in [6.07, 6.45) is 2.06. The molecule has 2 aromatic rings. The third kappa shape index (κ3) is 4.17. The third-order valence-corrected chi connectivity index (χ3v) is 4.69. The average molecular weight is 365 g/mol. The van der Waals surface area contributed by atoms with Gasteiger partial charge in [-0.2, -0.15) is 13.2 Å². The largest absolute Gasteiger partial charge is 0.457 e. The first-order chi connectivity index (χ1) is 11.9. The van der Waals surface area contributed by atoms with Crippen LogP contribution in [0.3, 0.4) is 0 Å². The van der Waals surface area contributed by atoms with Crippen LogP contribution < -0.4 is 0 Å². The number of aromatic nitrogens is 1. The number of allylic oxidation sites excluding steroid dienone is 4. The molecule has 0 N–H and O–H groups in total. The lowest BCUT2D eigenvalue weighted by Gasteiger charge is -2.07. The summed E-state index contributed by atoms with van der Waals surface area (Å²) in [5.41, 5.74) is 0.218. The Kier molecular flexibility index (Phi) is 5.03. The van der Waals surface area contributed by atoms with Gasteiger partial charge in [0.2, 0.25) is 0 Å². The van der Waals surface area contributed by atoms with Crippen molar-refractivity contribution in [1.29, 1.82) is 0 Å². The molecule has 1 aromatic heterocycles. The van der Waals surface area contributed by atoms with Gasteiger partial charge in [-0.25, -0.2) is 9.78 Å². The summed E-state index contributed by atoms with van der Waals surface area (Å²) < 4.78 is 44.8. The SMILES string of the molecule is O=C(OCc1ccccc1)c1sc(C2=CC=CCC2)nc1C(F)(F)F. The number of thiazole rings is 1. The van der Waals surface area contributed by atoms with Crippen LogP contribution in [0.15, 0.2) is 48.6 Å². The molecule has 7 heteroatoms. The Morgan fingerprint density at radius 2 is 2.00 bits per heavy atom. The van der Waals surface area contributed by atoms with Gasteiger partial charge in [0, 0.05) is 0 Å². The van der Waals surface area contributed by atoms with Crippen LogP contribution in [0.5, 0.6) is 0 Å². The molecule has 25 heavy (non-hydrogen) atoms. The van der Waals surface area contributed by atoms with E-state index in [2.05, 4.69) is 4.98 Å². The van der Waals surface area contributed by atoms with E-state index in [1.54, 1.807) is 42.5 Å². The van der Waals surface area contributed by atoms with E-state index in [-0.39, 0.29) is 11.6 Å². The molecule has 0 spiro atoms. The molecule has 130 valence electrons. The second-order valence-corrected chi connectivity index (χ2v) is 6.41. The molecule has 0 amide bonds. The number of alkyl halides is 3. The molecule has 0 fully saturated rings. The summed E-state index contributed by atoms with van der Waals surface area (Å²) in [5, 5.41) is 0.211. The molecule has 1 aromatic carbocycles. The molecule has 0 radical (unpaired) electrons. The second kappa shape index (κ2) is 7.23. The molecule has 1 heterocycles. The minimum atomic E-state index is -4.71. The van der Waals surface area contributed by atoms with Crippen LogP contribution in [-0.4, -0.2) is 11.0 Å². The van der Waals surface area contributed by atoms with E-state index in [9.17, 15) is 18.0 Å². The van der Waals surface area contributed by atoms with Crippen molar-refractivity contribution in [2.24, 2.45) is 0 Å². The zero-order valence-electron chi connectivity index (χ0n) is 13.0. The molecule has 0 unspecified atom stereocenters. The summed E-state index contributed by atoms with van der Waals surface area (Å²) >= 11 is 0.728. The Bertz CT molecular complexity index is 823. The standard InChI is InChI=1S/C18H14F3NO2S/c19-18(20,21)15-14(17(23)24-11-12-7-3-1-4-8-12)25-16(22-15)13-9-5-2-6-10-13/h1-5,7-9H,6,10-11H2. The summed E-state index contributed by atoms with van der Waals surface area (Å²) in [5.74, 6) is -1.01. The van der Waals surface area contributed by atoms with Gasteiger partial charge in [-0.3, -0.25) is 0 Å². The molecule has 0 saturated carbocycles. The van der Waals surface area contributed by atoms with E-state index < -0.39 is 22.7 Å². The van der Waals surface area contributed by atoms with E-state index >= 15 is 0 Å². The number of carbonyl (C=O) groups excluding carboxylic acids is 1. The molecule has 3 nitrogen and oxygen atoms in total. The molecule has 0 aliphatic heterocycles. The predicted molar refractivity (Wildman–Crippen MR) is 89.0 cm³/mol. The summed E-state index contributed by atoms with van der Waals surface area (Å²) in [4.78, 5) is 15.4. The van der Waals surface area contributed by atoms with Gasteiger partial charge < -0.3 is 4.74 Å². The smallest absolute Gasteiger partial charge is 0.435 e. The van der Waals surface area contributed by atoms with E-state index in [4.69, 9.17) is 4.74 Å². The highest BCUT2D eigenvalue weighted by Crippen LogP contribution is 2.38. The van der Waals surface area contributed by atoms with E-state index in [1.165, 1.54) is 0 Å². The maximum Gasteiger partial charge on any atom is 0.435 e. The molecular formula is C18H14F3NO2S. The monoisotopic (exact) mass is 365 g/mol. The minimum absolute atomic E-state index is 0.0877. The van der Waals surface area contributed by atoms with Crippen LogP contribution in [0.2, 0.25) is 0 Å². The lowest BCUT2D eigenvalue weighted by Crippen LogP contribution is -2.13. The summed E-state index contributed by atoms with van der Waals surface area (Å²) in [6, 6.07) is 8.79. The first-order valence-electron chi connectivity index (χ1n) is 7.60. The number of carbonyl (C=O) groups is 1. The summed E-state index contributed by atoms with van der Waals surface area (Å²) in [6.45, 7) is -0.0877. The zero-order chi connectivity index (χ0) is 17.9. The second-order valence-electron chi connectivity index (χ2n) is 5.41. The highest BCUT2D eigenvalue weighted by Gasteiger charge is 2.40. The number of benzene rings is 1. The number of rotatable bonds is 4. The van der Waals surface area contributed by atoms with Gasteiger partial charge in [0.25, 0.3) is 0 Å². The van der Waals surface area contributed by atoms with Gasteiger partial charge in [-0.15, -0.1) is 11.3 Å². The van der Waals surface area contributed by atoms with Crippen molar-refractivity contribution in [1.82, 2.24) is 4.98 Å². The zero-order valence-corrected chi connectivity index (χ0v) is 13.9. The Hall–Kier alpha value is -2.41. The van der Waals surface area contributed by atoms with Gasteiger partial charge in [0.05, 0.1) is 0 Å². The predicted octanol–water partition coefficient (Wildman–Crippen LogP) is 5.25. The highest BCUT2D eigenvalue weighted by molar-refractivity contribution is 7.14. The lowest BCUT2D eigenvalue weighted by molar-refractivity contribution is -0.141. The number of nitrogens with zero attached hydrogens (tertiary/aromatic N) is 1. The van der Waals surface area contributed by atoms with Crippen LogP contribution in [-0.2, 0) is 17.5 Å². The molecule has 0 saturated heterocycles. The van der Waals surface area contributed by atoms with Crippen molar-refractivity contribution in [2.75, 3.05) is 0 Å². The molecular weight excluding hydrogens is 351 g/mol. The van der Waals surface area contributed by atoms with E-state index in [0.29, 0.717) is 17.6 Å². The third-order valence-electron chi connectivity index (χ3n) is 3.58. The van der Waals surface area contributed by atoms with Crippen molar-refractivity contribution in [3.8, 4) is 0 Å². The Morgan fingerprint density at radius 3 is 2.64 bits per heavy atom. The maximum atomic E-state index is 13.3. The molecule has 1 aliphatic carbocycles. The number of halogens is 3. The van der Waals surface area contributed by atoms with Gasteiger partial charge in [0.1, 0.15) is 16.5 Å². The average Bonchev–Trinajstić information content (AvgIpc) is 3.07. The Balaban J connectivity index is 1.85. The van der Waals surface area contributed by atoms with Gasteiger partial charge in [-0.05, 0) is 24.0 Å². The van der Waals surface area contributed by atoms with Gasteiger partial charge >= 0.3 is 12.1 Å². The fourth-order valence-corrected chi connectivity index (χ4v) is 3.39. The first-order valence-corrected chi connectivity index (χ1v) is 8.42. The van der Waals surface area contributed by atoms with Crippen LogP contribution in [0.4, 0.5) is 13.2 Å². The normalized spacial score (nSPS) is 14.3. The van der Waals surface area contributed by atoms with Crippen molar-refractivity contribution in [3.63, 3.8) is 0 Å². The van der Waals surface area contributed by atoms with Crippen LogP contribution in [0.25, 0.3) is 5.57 Å². The molecule has 0 atom stereocenters. The Labute approximate surface area is 146 Å². The van der Waals surface area contributed by atoms with Crippen LogP contribution >= 0.6 is 11.3 Å². The van der Waals surface area contributed by atoms with Crippen LogP contribution in [0, 0.1) is 0 Å². The first kappa shape index (κ1) is 17.4. The number of ether oxygens (including phenoxy) is 1. The highest BCUT2D eigenvalue weighted by atomic mass is 32.1. The fourth-order valence-electron chi connectivity index (χ4n) is 2.36.